The van der Waals surface area contributed by atoms with Crippen LogP contribution in [0.3, 0.4) is 0 Å². The Hall–Kier alpha value is -14.6. The van der Waals surface area contributed by atoms with Crippen LogP contribution in [-0.2, 0) is 0 Å². The predicted molar refractivity (Wildman–Crippen MR) is 490 cm³/mol. The molecule has 0 radical (unpaired) electrons. The molecule has 114 heavy (non-hydrogen) atoms. The van der Waals surface area contributed by atoms with Crippen molar-refractivity contribution in [3.05, 3.63) is 412 Å². The molecule has 0 bridgehead atoms. The molecule has 0 amide bonds. The molecule has 3 heteroatoms. The maximum absolute atomic E-state index is 8.84. The highest BCUT2D eigenvalue weighted by Gasteiger charge is 2.26. The molecular weight excluding hydrogens is 1380 g/mol. The zero-order chi connectivity index (χ0) is 77.6. The van der Waals surface area contributed by atoms with Gasteiger partial charge in [0.25, 0.3) is 0 Å². The lowest BCUT2D eigenvalue weighted by Gasteiger charge is -2.18. The van der Waals surface area contributed by atoms with Crippen LogP contribution in [0.2, 0.25) is 0 Å². The summed E-state index contributed by atoms with van der Waals surface area (Å²) in [4.78, 5) is 0. The van der Waals surface area contributed by atoms with Crippen LogP contribution < -0.4 is 0 Å². The zero-order valence-electron chi connectivity index (χ0n) is 65.1. The van der Waals surface area contributed by atoms with Crippen molar-refractivity contribution in [3.63, 3.8) is 0 Å². The number of hydrogen-bond donors (Lipinski definition) is 0. The topological polar surface area (TPSA) is 39.4 Å². The fraction of sp³-hybridized carbons (Fsp3) is 0.0270. The van der Waals surface area contributed by atoms with Crippen molar-refractivity contribution in [2.24, 2.45) is 0 Å². The predicted octanol–water partition coefficient (Wildman–Crippen LogP) is 32.9. The van der Waals surface area contributed by atoms with Gasteiger partial charge in [0.1, 0.15) is 33.5 Å². The molecule has 0 saturated heterocycles. The van der Waals surface area contributed by atoms with Crippen LogP contribution in [0.5, 0.6) is 0 Å². The van der Waals surface area contributed by atoms with Gasteiger partial charge in [-0.05, 0) is 179 Å². The summed E-state index contributed by atoms with van der Waals surface area (Å²) in [7, 11) is 0. The van der Waals surface area contributed by atoms with Gasteiger partial charge in [-0.1, -0.05) is 398 Å². The molecule has 0 fully saturated rings. The highest BCUT2D eigenvalue weighted by molar-refractivity contribution is 6.30. The molecule has 23 aromatic rings. The molecule has 23 rings (SSSR count). The Morgan fingerprint density at radius 1 is 0.158 bits per heavy atom. The zero-order valence-corrected chi connectivity index (χ0v) is 60.1. The normalized spacial score (nSPS) is 11.9. The maximum atomic E-state index is 8.84. The molecule has 0 N–H and O–H groups in total. The van der Waals surface area contributed by atoms with Gasteiger partial charge in [0, 0.05) is 43.4 Å². The second kappa shape index (κ2) is 30.0. The first kappa shape index (κ1) is 65.3. The molecule has 0 saturated carbocycles. The molecule has 0 aliphatic heterocycles. The molecule has 0 aliphatic rings. The van der Waals surface area contributed by atoms with Crippen molar-refractivity contribution in [2.75, 3.05) is 0 Å². The molecule has 20 aromatic carbocycles. The average molecular weight is 1470 g/mol. The van der Waals surface area contributed by atoms with Crippen LogP contribution >= 0.6 is 0 Å². The smallest absolute Gasteiger partial charge is 0.143 e. The van der Waals surface area contributed by atoms with Crippen LogP contribution in [0.25, 0.3) is 219 Å². The third-order valence-electron chi connectivity index (χ3n) is 22.1. The first-order chi connectivity index (χ1) is 57.2. The largest absolute Gasteiger partial charge is 0.456 e. The van der Waals surface area contributed by atoms with E-state index in [0.717, 1.165) is 115 Å². The van der Waals surface area contributed by atoms with Gasteiger partial charge in [0.05, 0.1) is 6.85 Å². The van der Waals surface area contributed by atoms with Crippen molar-refractivity contribution in [1.82, 2.24) is 0 Å². The van der Waals surface area contributed by atoms with E-state index in [0.29, 0.717) is 5.56 Å². The van der Waals surface area contributed by atoms with E-state index in [-0.39, 0.29) is 52.0 Å². The fourth-order valence-corrected chi connectivity index (χ4v) is 17.5. The quantitative estimate of drug-likeness (QED) is 0.142. The van der Waals surface area contributed by atoms with Crippen molar-refractivity contribution in [1.29, 1.82) is 0 Å². The number of para-hydroxylation sites is 3. The highest BCUT2D eigenvalue weighted by Crippen LogP contribution is 2.53. The molecule has 0 atom stereocenters. The van der Waals surface area contributed by atoms with Gasteiger partial charge in [0.15, 0.2) is 0 Å². The van der Waals surface area contributed by atoms with Gasteiger partial charge in [-0.15, -0.1) is 0 Å². The number of benzene rings is 20. The van der Waals surface area contributed by atoms with Gasteiger partial charge in [-0.25, -0.2) is 0 Å². The van der Waals surface area contributed by atoms with Crippen LogP contribution in [0, 0.1) is 0 Å². The second-order valence-corrected chi connectivity index (χ2v) is 28.2. The van der Waals surface area contributed by atoms with E-state index in [1.54, 1.807) is 0 Å². The van der Waals surface area contributed by atoms with E-state index in [9.17, 15) is 0 Å². The lowest BCUT2D eigenvalue weighted by atomic mass is 9.84. The van der Waals surface area contributed by atoms with Gasteiger partial charge in [0.2, 0.25) is 0 Å². The van der Waals surface area contributed by atoms with E-state index in [2.05, 4.69) is 291 Å². The summed E-state index contributed by atoms with van der Waals surface area (Å²) in [5.74, 6) is 0. The molecule has 0 spiro atoms. The monoisotopic (exact) mass is 1470 g/mol. The highest BCUT2D eigenvalue weighted by atomic mass is 16.3. The van der Waals surface area contributed by atoms with Crippen LogP contribution in [0.15, 0.2) is 426 Å². The number of furan rings is 3. The third kappa shape index (κ3) is 11.8. The summed E-state index contributed by atoms with van der Waals surface area (Å²) >= 11 is 0. The van der Waals surface area contributed by atoms with Crippen LogP contribution in [0.1, 0.15) is 29.1 Å². The van der Waals surface area contributed by atoms with E-state index < -0.39 is 6.04 Å². The third-order valence-corrected chi connectivity index (χ3v) is 22.1. The SMILES string of the molecule is C.C.C.[2H]c1c([2H])c([2H])c(-c2c3ccccc3c(-c3ccc(-c4ccccc4)c4oc5ccccc5c34)c3ccccc23)c([2H])c1[2H].c1ccc(-c2c3ccccc3c(-c3ccc(-c4ccccc4)c4oc5ccccc5c34)c3ccccc23)cc1.c1ccc(-c2c3ccccc3c(-c3cccc4oc5ccccc5c34)c3ccccc23)cc1. The minimum atomic E-state index is -0.401. The molecule has 542 valence electrons. The van der Waals surface area contributed by atoms with Crippen molar-refractivity contribution in [3.8, 4) is 89.0 Å². The molecule has 3 aromatic heterocycles. The average Bonchev–Trinajstić information content (AvgIpc) is 1.72. The first-order valence-corrected chi connectivity index (χ1v) is 37.6. The molecule has 3 heterocycles. The standard InChI is InChI=1S/2C38H24O.C32H20O.3CH4/c2*1-3-13-25(14-4-1)27-23-24-33(37-32-21-11-12-22-34(32)39-38(27)37)36-30-19-9-7-17-28(30)35(26-15-5-2-6-16-26)29-18-8-10-20-31(29)36;1-2-11-21(12-3-1)30-22-13-4-6-15-24(22)31(25-16-7-5-14-23(25)30)27-18-10-20-29-32(27)26-17-8-9-19-28(26)33-29;;;/h2*1-24H;1-20H;3*1H4/i2D,5D,6D,15D,16D;;;;;. The van der Waals surface area contributed by atoms with Gasteiger partial charge >= 0.3 is 0 Å². The number of rotatable bonds is 8. The first-order valence-electron chi connectivity index (χ1n) is 40.1. The Kier molecular flexibility index (Phi) is 17.2. The van der Waals surface area contributed by atoms with E-state index in [1.165, 1.54) is 93.0 Å². The summed E-state index contributed by atoms with van der Waals surface area (Å²) in [6, 6.07) is 132. The van der Waals surface area contributed by atoms with Crippen molar-refractivity contribution < 1.29 is 20.1 Å². The van der Waals surface area contributed by atoms with Gasteiger partial charge < -0.3 is 13.3 Å². The lowest BCUT2D eigenvalue weighted by molar-refractivity contribution is 0.669. The fourth-order valence-electron chi connectivity index (χ4n) is 17.5. The summed E-state index contributed by atoms with van der Waals surface area (Å²) in [5.41, 5.74) is 22.4. The Balaban J connectivity index is 0.000000122. The molecule has 0 aliphatic carbocycles. The maximum Gasteiger partial charge on any atom is 0.143 e. The lowest BCUT2D eigenvalue weighted by Crippen LogP contribution is -1.91. The van der Waals surface area contributed by atoms with Crippen LogP contribution in [0.4, 0.5) is 0 Å². The summed E-state index contributed by atoms with van der Waals surface area (Å²) in [6.07, 6.45) is 0. The second-order valence-electron chi connectivity index (χ2n) is 28.2. The Morgan fingerprint density at radius 3 is 0.728 bits per heavy atom. The van der Waals surface area contributed by atoms with Crippen molar-refractivity contribution in [2.45, 2.75) is 22.3 Å². The molecule has 3 nitrogen and oxygen atoms in total. The van der Waals surface area contributed by atoms with Crippen LogP contribution in [-0.4, -0.2) is 0 Å². The minimum Gasteiger partial charge on any atom is -0.456 e. The van der Waals surface area contributed by atoms with E-state index in [4.69, 9.17) is 20.1 Å². The minimum absolute atomic E-state index is 0. The molecule has 0 unspecified atom stereocenters. The van der Waals surface area contributed by atoms with Gasteiger partial charge in [-0.2, -0.15) is 0 Å². The van der Waals surface area contributed by atoms with Gasteiger partial charge in [-0.3, -0.25) is 0 Å². The van der Waals surface area contributed by atoms with Crippen molar-refractivity contribution >= 4 is 130 Å². The Morgan fingerprint density at radius 2 is 0.395 bits per heavy atom. The Labute approximate surface area is 670 Å². The Bertz CT molecular complexity index is 7680. The summed E-state index contributed by atoms with van der Waals surface area (Å²) in [5, 5.41) is 20.2. The van der Waals surface area contributed by atoms with E-state index in [1.807, 2.05) is 91.0 Å². The number of hydrogen-bond acceptors (Lipinski definition) is 3. The number of fused-ring (bicyclic) bond motifs is 15. The summed E-state index contributed by atoms with van der Waals surface area (Å²) in [6.45, 7) is 0. The summed E-state index contributed by atoms with van der Waals surface area (Å²) < 4.78 is 62.1. The van der Waals surface area contributed by atoms with E-state index >= 15 is 0 Å². The molecular formula is C111H80O3.